The molecule has 0 amide bonds. The predicted molar refractivity (Wildman–Crippen MR) is 78.3 cm³/mol. The smallest absolute Gasteiger partial charge is 0.294 e. The van der Waals surface area contributed by atoms with E-state index in [2.05, 4.69) is 0 Å². The Bertz CT molecular complexity index is 851. The van der Waals surface area contributed by atoms with Crippen molar-refractivity contribution in [2.24, 2.45) is 0 Å². The van der Waals surface area contributed by atoms with Crippen molar-refractivity contribution in [3.63, 3.8) is 0 Å². The Morgan fingerprint density at radius 2 is 1.80 bits per heavy atom. The molecule has 0 fully saturated rings. The third-order valence-electron chi connectivity index (χ3n) is 3.09. The largest absolute Gasteiger partial charge is 0.308 e. The first-order valence-electron chi connectivity index (χ1n) is 5.97. The first kappa shape index (κ1) is 12.6. The maximum Gasteiger partial charge on any atom is 0.308 e. The molecular formula is C14H10N2O3S. The van der Waals surface area contributed by atoms with Crippen LogP contribution in [0.1, 0.15) is 5.56 Å². The lowest BCUT2D eigenvalue weighted by Gasteiger charge is -2.04. The van der Waals surface area contributed by atoms with Crippen molar-refractivity contribution in [1.29, 1.82) is 0 Å². The third kappa shape index (κ3) is 2.10. The van der Waals surface area contributed by atoms with Gasteiger partial charge in [-0.3, -0.25) is 19.5 Å². The molecule has 20 heavy (non-hydrogen) atoms. The van der Waals surface area contributed by atoms with Crippen molar-refractivity contribution < 1.29 is 4.92 Å². The lowest BCUT2D eigenvalue weighted by Crippen LogP contribution is -2.14. The van der Waals surface area contributed by atoms with Crippen molar-refractivity contribution >= 4 is 27.2 Å². The highest BCUT2D eigenvalue weighted by Gasteiger charge is 2.15. The van der Waals surface area contributed by atoms with Gasteiger partial charge in [0.25, 0.3) is 5.69 Å². The maximum absolute atomic E-state index is 12.0. The Balaban J connectivity index is 2.13. The van der Waals surface area contributed by atoms with Gasteiger partial charge in [-0.1, -0.05) is 41.7 Å². The molecule has 3 rings (SSSR count). The zero-order chi connectivity index (χ0) is 14.1. The second kappa shape index (κ2) is 4.90. The fraction of sp³-hybridized carbons (Fsp3) is 0.0714. The molecule has 0 unspecified atom stereocenters. The molecule has 6 heteroatoms. The van der Waals surface area contributed by atoms with E-state index in [1.165, 1.54) is 6.07 Å². The van der Waals surface area contributed by atoms with Gasteiger partial charge in [0.05, 0.1) is 21.7 Å². The molecule has 0 radical (unpaired) electrons. The van der Waals surface area contributed by atoms with Crippen LogP contribution in [0.5, 0.6) is 0 Å². The second-order valence-electron chi connectivity index (χ2n) is 4.31. The fourth-order valence-corrected chi connectivity index (χ4v) is 3.05. The molecule has 0 aliphatic heterocycles. The lowest BCUT2D eigenvalue weighted by molar-refractivity contribution is -0.385. The molecule has 0 aliphatic rings. The number of nitrogens with zero attached hydrogens (tertiary/aromatic N) is 2. The lowest BCUT2D eigenvalue weighted by atomic mass is 10.2. The summed E-state index contributed by atoms with van der Waals surface area (Å²) in [7, 11) is 0. The molecular weight excluding hydrogens is 276 g/mol. The molecule has 0 saturated carbocycles. The van der Waals surface area contributed by atoms with Gasteiger partial charge >= 0.3 is 4.87 Å². The van der Waals surface area contributed by atoms with E-state index in [-0.39, 0.29) is 17.1 Å². The molecule has 0 bridgehead atoms. The standard InChI is InChI=1S/C14H10N2O3S/c17-14-15(12-7-3-4-8-13(12)20-14)9-10-5-1-2-6-11(10)16(18)19/h1-8H,9H2. The average molecular weight is 286 g/mol. The molecule has 100 valence electrons. The number of para-hydroxylation sites is 2. The summed E-state index contributed by atoms with van der Waals surface area (Å²) in [6, 6.07) is 13.9. The van der Waals surface area contributed by atoms with Gasteiger partial charge in [0.1, 0.15) is 0 Å². The van der Waals surface area contributed by atoms with Crippen LogP contribution in [-0.4, -0.2) is 9.49 Å². The number of aromatic nitrogens is 1. The average Bonchev–Trinajstić information content (AvgIpc) is 2.76. The first-order chi connectivity index (χ1) is 9.66. The normalized spacial score (nSPS) is 10.8. The van der Waals surface area contributed by atoms with E-state index in [0.29, 0.717) is 5.56 Å². The second-order valence-corrected chi connectivity index (χ2v) is 5.30. The third-order valence-corrected chi connectivity index (χ3v) is 4.05. The highest BCUT2D eigenvalue weighted by Crippen LogP contribution is 2.22. The van der Waals surface area contributed by atoms with E-state index >= 15 is 0 Å². The van der Waals surface area contributed by atoms with Crippen molar-refractivity contribution in [3.05, 3.63) is 73.9 Å². The van der Waals surface area contributed by atoms with Gasteiger partial charge < -0.3 is 0 Å². The number of rotatable bonds is 3. The SMILES string of the molecule is O=c1sc2ccccc2n1Cc1ccccc1[N+](=O)[O-]. The highest BCUT2D eigenvalue weighted by molar-refractivity contribution is 7.16. The molecule has 2 aromatic carbocycles. The van der Waals surface area contributed by atoms with Gasteiger partial charge in [-0.15, -0.1) is 0 Å². The van der Waals surface area contributed by atoms with Gasteiger partial charge in [0.2, 0.25) is 0 Å². The number of hydrogen-bond acceptors (Lipinski definition) is 4. The van der Waals surface area contributed by atoms with Crippen LogP contribution in [0, 0.1) is 10.1 Å². The molecule has 0 spiro atoms. The highest BCUT2D eigenvalue weighted by atomic mass is 32.1. The van der Waals surface area contributed by atoms with Crippen LogP contribution in [0.2, 0.25) is 0 Å². The number of nitro groups is 1. The minimum Gasteiger partial charge on any atom is -0.294 e. The summed E-state index contributed by atoms with van der Waals surface area (Å²) in [6.45, 7) is 0.208. The maximum atomic E-state index is 12.0. The van der Waals surface area contributed by atoms with Crippen molar-refractivity contribution in [3.8, 4) is 0 Å². The molecule has 0 N–H and O–H groups in total. The van der Waals surface area contributed by atoms with Crippen molar-refractivity contribution in [2.45, 2.75) is 6.54 Å². The molecule has 0 atom stereocenters. The molecule has 0 saturated heterocycles. The Morgan fingerprint density at radius 1 is 1.10 bits per heavy atom. The molecule has 5 nitrogen and oxygen atoms in total. The van der Waals surface area contributed by atoms with E-state index in [9.17, 15) is 14.9 Å². The monoisotopic (exact) mass is 286 g/mol. The number of thiazole rings is 1. The zero-order valence-electron chi connectivity index (χ0n) is 10.4. The Kier molecular flexibility index (Phi) is 3.08. The molecule has 3 aromatic rings. The van der Waals surface area contributed by atoms with Crippen LogP contribution >= 0.6 is 11.3 Å². The van der Waals surface area contributed by atoms with Crippen LogP contribution in [0.4, 0.5) is 5.69 Å². The zero-order valence-corrected chi connectivity index (χ0v) is 11.2. The predicted octanol–water partition coefficient (Wildman–Crippen LogP) is 3.02. The van der Waals surface area contributed by atoms with Crippen molar-refractivity contribution in [2.75, 3.05) is 0 Å². The molecule has 1 heterocycles. The Morgan fingerprint density at radius 3 is 2.60 bits per heavy atom. The van der Waals surface area contributed by atoms with E-state index in [4.69, 9.17) is 0 Å². The van der Waals surface area contributed by atoms with Gasteiger partial charge in [-0.05, 0) is 12.1 Å². The summed E-state index contributed by atoms with van der Waals surface area (Å²) < 4.78 is 2.46. The summed E-state index contributed by atoms with van der Waals surface area (Å²) in [5, 5.41) is 11.0. The van der Waals surface area contributed by atoms with Gasteiger partial charge in [0, 0.05) is 11.6 Å². The summed E-state index contributed by atoms with van der Waals surface area (Å²) in [5.74, 6) is 0. The number of fused-ring (bicyclic) bond motifs is 1. The van der Waals surface area contributed by atoms with E-state index in [0.717, 1.165) is 21.6 Å². The fourth-order valence-electron chi connectivity index (χ4n) is 2.16. The Labute approximate surface area is 117 Å². The first-order valence-corrected chi connectivity index (χ1v) is 6.79. The topological polar surface area (TPSA) is 65.1 Å². The number of benzene rings is 2. The quantitative estimate of drug-likeness (QED) is 0.549. The number of nitro benzene ring substituents is 1. The van der Waals surface area contributed by atoms with Crippen LogP contribution in [0.25, 0.3) is 10.2 Å². The summed E-state index contributed by atoms with van der Waals surface area (Å²) in [5.41, 5.74) is 1.37. The van der Waals surface area contributed by atoms with E-state index in [1.54, 1.807) is 22.8 Å². The van der Waals surface area contributed by atoms with Crippen LogP contribution < -0.4 is 4.87 Å². The van der Waals surface area contributed by atoms with Gasteiger partial charge in [-0.2, -0.15) is 0 Å². The van der Waals surface area contributed by atoms with Crippen LogP contribution in [-0.2, 0) is 6.54 Å². The van der Waals surface area contributed by atoms with E-state index < -0.39 is 4.92 Å². The Hall–Kier alpha value is -2.47. The molecule has 1 aromatic heterocycles. The minimum absolute atomic E-state index is 0.0367. The van der Waals surface area contributed by atoms with Crippen molar-refractivity contribution in [1.82, 2.24) is 4.57 Å². The number of hydrogen-bond donors (Lipinski definition) is 0. The minimum atomic E-state index is -0.422. The summed E-state index contributed by atoms with van der Waals surface area (Å²) in [4.78, 5) is 22.5. The van der Waals surface area contributed by atoms with Gasteiger partial charge in [0.15, 0.2) is 0 Å². The van der Waals surface area contributed by atoms with Gasteiger partial charge in [-0.25, -0.2) is 0 Å². The summed E-state index contributed by atoms with van der Waals surface area (Å²) >= 11 is 1.15. The van der Waals surface area contributed by atoms with Crippen LogP contribution in [0.15, 0.2) is 53.3 Å². The van der Waals surface area contributed by atoms with Crippen LogP contribution in [0.3, 0.4) is 0 Å². The van der Waals surface area contributed by atoms with E-state index in [1.807, 2.05) is 24.3 Å². The molecule has 0 aliphatic carbocycles. The summed E-state index contributed by atoms with van der Waals surface area (Å²) in [6.07, 6.45) is 0.